The summed E-state index contributed by atoms with van der Waals surface area (Å²) in [5.41, 5.74) is 1.77. The van der Waals surface area contributed by atoms with Crippen molar-refractivity contribution in [3.8, 4) is 0 Å². The Bertz CT molecular complexity index is 1040. The molecule has 39 heavy (non-hydrogen) atoms. The minimum atomic E-state index is -1.15. The lowest BCUT2D eigenvalue weighted by Gasteiger charge is -2.35. The molecule has 2 aromatic rings. The van der Waals surface area contributed by atoms with E-state index < -0.39 is 48.1 Å². The second-order valence-corrected chi connectivity index (χ2v) is 10.6. The molecule has 1 aliphatic heterocycles. The van der Waals surface area contributed by atoms with Crippen molar-refractivity contribution < 1.29 is 29.0 Å². The van der Waals surface area contributed by atoms with Gasteiger partial charge in [0.2, 0.25) is 0 Å². The molecule has 3 rings (SSSR count). The van der Waals surface area contributed by atoms with Crippen LogP contribution in [0.4, 0.5) is 0 Å². The maximum Gasteiger partial charge on any atom is 0.313 e. The van der Waals surface area contributed by atoms with Gasteiger partial charge in [-0.2, -0.15) is 0 Å². The number of rotatable bonds is 10. The molecule has 7 heteroatoms. The third-order valence-corrected chi connectivity index (χ3v) is 7.55. The van der Waals surface area contributed by atoms with E-state index in [0.29, 0.717) is 12.8 Å². The third-order valence-electron chi connectivity index (χ3n) is 7.55. The Morgan fingerprint density at radius 2 is 1.44 bits per heavy atom. The van der Waals surface area contributed by atoms with Gasteiger partial charge in [-0.1, -0.05) is 93.3 Å². The summed E-state index contributed by atoms with van der Waals surface area (Å²) in [5, 5.41) is 11.2. The van der Waals surface area contributed by atoms with Crippen molar-refractivity contribution in [2.45, 2.75) is 96.0 Å². The highest BCUT2D eigenvalue weighted by Gasteiger charge is 2.38. The monoisotopic (exact) mass is 537 g/mol. The predicted octanol–water partition coefficient (Wildman–Crippen LogP) is 4.88. The summed E-state index contributed by atoms with van der Waals surface area (Å²) in [6, 6.07) is 18.2. The van der Waals surface area contributed by atoms with Crippen molar-refractivity contribution in [3.63, 3.8) is 0 Å². The van der Waals surface area contributed by atoms with Crippen LogP contribution >= 0.6 is 0 Å². The van der Waals surface area contributed by atoms with E-state index in [9.17, 15) is 19.5 Å². The van der Waals surface area contributed by atoms with Crippen molar-refractivity contribution in [3.05, 3.63) is 71.8 Å². The number of hydrogen-bond donors (Lipinski definition) is 1. The number of aliphatic hydroxyl groups is 1. The Labute approximate surface area is 232 Å². The van der Waals surface area contributed by atoms with Crippen LogP contribution < -0.4 is 0 Å². The smallest absolute Gasteiger partial charge is 0.313 e. The van der Waals surface area contributed by atoms with Gasteiger partial charge in [0.15, 0.2) is 6.10 Å². The highest BCUT2D eigenvalue weighted by molar-refractivity contribution is 5.85. The molecule has 1 N–H and O–H groups in total. The molecule has 0 aromatic heterocycles. The number of hydrogen-bond acceptors (Lipinski definition) is 6. The summed E-state index contributed by atoms with van der Waals surface area (Å²) in [4.78, 5) is 41.5. The van der Waals surface area contributed by atoms with Crippen LogP contribution in [0.1, 0.15) is 69.9 Å². The summed E-state index contributed by atoms with van der Waals surface area (Å²) in [5.74, 6) is -2.30. The zero-order chi connectivity index (χ0) is 28.2. The summed E-state index contributed by atoms with van der Waals surface area (Å²) in [7, 11) is 1.59. The predicted molar refractivity (Wildman–Crippen MR) is 150 cm³/mol. The Hall–Kier alpha value is -3.19. The fourth-order valence-corrected chi connectivity index (χ4v) is 5.07. The van der Waals surface area contributed by atoms with Gasteiger partial charge in [-0.25, -0.2) is 0 Å². The molecule has 2 aromatic carbocycles. The van der Waals surface area contributed by atoms with Crippen molar-refractivity contribution >= 4 is 17.8 Å². The van der Waals surface area contributed by atoms with E-state index in [0.717, 1.165) is 43.2 Å². The fraction of sp³-hybridized carbons (Fsp3) is 0.531. The molecule has 5 atom stereocenters. The van der Waals surface area contributed by atoms with E-state index in [1.807, 2.05) is 60.7 Å². The first kappa shape index (κ1) is 30.4. The molecular formula is C32H43NO6. The lowest BCUT2D eigenvalue weighted by Crippen LogP contribution is -2.52. The van der Waals surface area contributed by atoms with Crippen molar-refractivity contribution in [2.24, 2.45) is 5.92 Å². The van der Waals surface area contributed by atoms with E-state index in [4.69, 9.17) is 9.47 Å². The van der Waals surface area contributed by atoms with Gasteiger partial charge in [0.1, 0.15) is 6.10 Å². The second kappa shape index (κ2) is 15.4. The van der Waals surface area contributed by atoms with Gasteiger partial charge in [0.05, 0.1) is 24.5 Å². The number of amides is 1. The number of benzene rings is 2. The number of unbranched alkanes of at least 4 members (excludes halogenated alkanes) is 4. The Morgan fingerprint density at radius 1 is 0.846 bits per heavy atom. The number of ether oxygens (including phenoxy) is 2. The molecule has 1 saturated heterocycles. The molecule has 1 amide bonds. The summed E-state index contributed by atoms with van der Waals surface area (Å²) >= 11 is 0. The van der Waals surface area contributed by atoms with Crippen LogP contribution in [0.3, 0.4) is 0 Å². The zero-order valence-corrected chi connectivity index (χ0v) is 23.5. The topological polar surface area (TPSA) is 93.1 Å². The number of carbonyl (C=O) groups excluding carboxylic acids is 3. The molecular weight excluding hydrogens is 494 g/mol. The highest BCUT2D eigenvalue weighted by Crippen LogP contribution is 2.24. The van der Waals surface area contributed by atoms with E-state index >= 15 is 0 Å². The van der Waals surface area contributed by atoms with Gasteiger partial charge in [0, 0.05) is 13.5 Å². The Morgan fingerprint density at radius 3 is 2.05 bits per heavy atom. The van der Waals surface area contributed by atoms with E-state index in [1.165, 1.54) is 4.90 Å². The number of cyclic esters (lactones) is 2. The van der Waals surface area contributed by atoms with Gasteiger partial charge in [-0.15, -0.1) is 0 Å². The molecule has 0 spiro atoms. The number of aliphatic hydroxyl groups excluding tert-OH is 1. The first-order valence-electron chi connectivity index (χ1n) is 14.2. The van der Waals surface area contributed by atoms with E-state index in [-0.39, 0.29) is 12.8 Å². The standard InChI is InChI=1S/C32H43NO6/c1-4-5-6-7-14-19-28-23(2)32(37)39-29(21-25-17-12-9-13-18-25)31(36)33(3)26(27(34)22-30(35)38-28)20-24-15-10-8-11-16-24/h8-13,15-18,23,26-29,34H,4-7,14,19-22H2,1-3H3/t23-,26-,27+,28?,29?/m0/s1. The van der Waals surface area contributed by atoms with Crippen LogP contribution in [0, 0.1) is 5.92 Å². The van der Waals surface area contributed by atoms with Crippen LogP contribution in [-0.4, -0.2) is 59.3 Å². The second-order valence-electron chi connectivity index (χ2n) is 10.6. The molecule has 1 aliphatic rings. The molecule has 0 aliphatic carbocycles. The lowest BCUT2D eigenvalue weighted by molar-refractivity contribution is -0.174. The van der Waals surface area contributed by atoms with Crippen LogP contribution in [0.2, 0.25) is 0 Å². The van der Waals surface area contributed by atoms with Crippen molar-refractivity contribution in [2.75, 3.05) is 7.05 Å². The highest BCUT2D eigenvalue weighted by atomic mass is 16.6. The zero-order valence-electron chi connectivity index (χ0n) is 23.5. The van der Waals surface area contributed by atoms with E-state index in [2.05, 4.69) is 6.92 Å². The number of esters is 2. The third kappa shape index (κ3) is 9.20. The maximum atomic E-state index is 13.8. The van der Waals surface area contributed by atoms with Crippen LogP contribution in [0.15, 0.2) is 60.7 Å². The van der Waals surface area contributed by atoms with Gasteiger partial charge in [0.25, 0.3) is 5.91 Å². The van der Waals surface area contributed by atoms with Crippen LogP contribution in [0.25, 0.3) is 0 Å². The normalized spacial score (nSPS) is 24.9. The molecule has 0 radical (unpaired) electrons. The Kier molecular flexibility index (Phi) is 12.0. The minimum Gasteiger partial charge on any atom is -0.461 e. The Balaban J connectivity index is 1.90. The summed E-state index contributed by atoms with van der Waals surface area (Å²) in [6.45, 7) is 3.83. The number of nitrogens with zero attached hydrogens (tertiary/aromatic N) is 1. The average molecular weight is 538 g/mol. The largest absolute Gasteiger partial charge is 0.461 e. The molecule has 7 nitrogen and oxygen atoms in total. The van der Waals surface area contributed by atoms with E-state index in [1.54, 1.807) is 14.0 Å². The minimum absolute atomic E-state index is 0.206. The maximum absolute atomic E-state index is 13.8. The molecule has 2 unspecified atom stereocenters. The van der Waals surface area contributed by atoms with Crippen LogP contribution in [-0.2, 0) is 36.7 Å². The first-order chi connectivity index (χ1) is 18.8. The van der Waals surface area contributed by atoms with Crippen LogP contribution in [0.5, 0.6) is 0 Å². The molecule has 0 saturated carbocycles. The van der Waals surface area contributed by atoms with Gasteiger partial charge in [-0.3, -0.25) is 14.4 Å². The van der Waals surface area contributed by atoms with Gasteiger partial charge >= 0.3 is 11.9 Å². The van der Waals surface area contributed by atoms with Gasteiger partial charge < -0.3 is 19.5 Å². The number of carbonyl (C=O) groups is 3. The SMILES string of the molecule is CCCCCCCC1OC(=O)C[C@@H](O)[C@H](Cc2ccccc2)N(C)C(=O)C(Cc2ccccc2)OC(=O)[C@H]1C. The van der Waals surface area contributed by atoms with Crippen molar-refractivity contribution in [1.29, 1.82) is 0 Å². The molecule has 1 heterocycles. The average Bonchev–Trinajstić information content (AvgIpc) is 2.94. The lowest BCUT2D eigenvalue weighted by atomic mass is 9.95. The fourth-order valence-electron chi connectivity index (χ4n) is 5.07. The number of likely N-dealkylation sites (N-methyl/N-ethyl adjacent to an activating group) is 1. The molecule has 212 valence electrons. The van der Waals surface area contributed by atoms with Gasteiger partial charge in [-0.05, 0) is 37.3 Å². The molecule has 1 fully saturated rings. The van der Waals surface area contributed by atoms with Crippen molar-refractivity contribution in [1.82, 2.24) is 4.90 Å². The molecule has 0 bridgehead atoms. The summed E-state index contributed by atoms with van der Waals surface area (Å²) in [6.07, 6.45) is 3.00. The quantitative estimate of drug-likeness (QED) is 0.343. The summed E-state index contributed by atoms with van der Waals surface area (Å²) < 4.78 is 11.7. The first-order valence-corrected chi connectivity index (χ1v) is 14.2.